The second-order valence-corrected chi connectivity index (χ2v) is 8.43. The highest BCUT2D eigenvalue weighted by Gasteiger charge is 2.23. The summed E-state index contributed by atoms with van der Waals surface area (Å²) in [4.78, 5) is 15.1. The Morgan fingerprint density at radius 1 is 1.07 bits per heavy atom. The lowest BCUT2D eigenvalue weighted by molar-refractivity contribution is -0.135. The molecule has 0 radical (unpaired) electrons. The lowest BCUT2D eigenvalue weighted by Gasteiger charge is -2.32. The van der Waals surface area contributed by atoms with Gasteiger partial charge in [0.05, 0.1) is 6.54 Å². The molecule has 0 saturated heterocycles. The van der Waals surface area contributed by atoms with Crippen molar-refractivity contribution in [1.82, 2.24) is 9.47 Å². The summed E-state index contributed by atoms with van der Waals surface area (Å²) in [5, 5.41) is 0. The first-order valence-corrected chi connectivity index (χ1v) is 10.9. The molecule has 0 spiro atoms. The van der Waals surface area contributed by atoms with E-state index in [9.17, 15) is 4.79 Å². The second kappa shape index (κ2) is 11.1. The third-order valence-corrected chi connectivity index (χ3v) is 5.71. The van der Waals surface area contributed by atoms with Crippen LogP contribution in [0.1, 0.15) is 76.6 Å². The second-order valence-electron chi connectivity index (χ2n) is 8.43. The largest absolute Gasteiger partial charge is 0.345 e. The molecule has 28 heavy (non-hydrogen) atoms. The van der Waals surface area contributed by atoms with Gasteiger partial charge in [0.2, 0.25) is 5.91 Å². The SMILES string of the molecule is CCCCCCC(=O)N(Cc1cccn1Cc1cccc(C)c1)C(C)C(C)C. The van der Waals surface area contributed by atoms with Crippen molar-refractivity contribution in [3.63, 3.8) is 0 Å². The molecule has 1 unspecified atom stereocenters. The number of benzene rings is 1. The first kappa shape index (κ1) is 22.3. The molecule has 1 heterocycles. The summed E-state index contributed by atoms with van der Waals surface area (Å²) in [5.74, 6) is 0.736. The molecule has 0 aliphatic heterocycles. The van der Waals surface area contributed by atoms with E-state index in [1.54, 1.807) is 0 Å². The van der Waals surface area contributed by atoms with Gasteiger partial charge >= 0.3 is 0 Å². The van der Waals surface area contributed by atoms with Crippen molar-refractivity contribution in [1.29, 1.82) is 0 Å². The van der Waals surface area contributed by atoms with Crippen LogP contribution in [-0.2, 0) is 17.9 Å². The number of carbonyl (C=O) groups excluding carboxylic acids is 1. The molecule has 2 rings (SSSR count). The smallest absolute Gasteiger partial charge is 0.223 e. The van der Waals surface area contributed by atoms with Gasteiger partial charge in [-0.15, -0.1) is 0 Å². The van der Waals surface area contributed by atoms with E-state index < -0.39 is 0 Å². The van der Waals surface area contributed by atoms with Crippen LogP contribution in [-0.4, -0.2) is 21.4 Å². The van der Waals surface area contributed by atoms with Gasteiger partial charge in [-0.2, -0.15) is 0 Å². The summed E-state index contributed by atoms with van der Waals surface area (Å²) >= 11 is 0. The van der Waals surface area contributed by atoms with Crippen LogP contribution in [0.2, 0.25) is 0 Å². The van der Waals surface area contributed by atoms with E-state index in [0.29, 0.717) is 24.8 Å². The van der Waals surface area contributed by atoms with Gasteiger partial charge in [-0.25, -0.2) is 0 Å². The van der Waals surface area contributed by atoms with E-state index in [2.05, 4.69) is 86.7 Å². The van der Waals surface area contributed by atoms with Gasteiger partial charge in [0.1, 0.15) is 0 Å². The summed E-state index contributed by atoms with van der Waals surface area (Å²) in [6, 6.07) is 13.1. The Morgan fingerprint density at radius 3 is 2.54 bits per heavy atom. The van der Waals surface area contributed by atoms with Crippen LogP contribution in [0.25, 0.3) is 0 Å². The number of carbonyl (C=O) groups is 1. The Morgan fingerprint density at radius 2 is 1.86 bits per heavy atom. The Balaban J connectivity index is 2.11. The van der Waals surface area contributed by atoms with Crippen molar-refractivity contribution in [2.75, 3.05) is 0 Å². The molecule has 0 aliphatic rings. The third-order valence-electron chi connectivity index (χ3n) is 5.71. The number of aromatic nitrogens is 1. The number of aryl methyl sites for hydroxylation is 1. The fourth-order valence-corrected chi connectivity index (χ4v) is 3.59. The van der Waals surface area contributed by atoms with Crippen molar-refractivity contribution < 1.29 is 4.79 Å². The molecule has 2 aromatic rings. The maximum Gasteiger partial charge on any atom is 0.223 e. The lowest BCUT2D eigenvalue weighted by atomic mass is 10.0. The zero-order chi connectivity index (χ0) is 20.5. The molecule has 1 aromatic carbocycles. The summed E-state index contributed by atoms with van der Waals surface area (Å²) in [6.07, 6.45) is 7.35. The molecular formula is C25H38N2O. The van der Waals surface area contributed by atoms with Crippen LogP contribution < -0.4 is 0 Å². The van der Waals surface area contributed by atoms with Crippen molar-refractivity contribution in [3.05, 3.63) is 59.4 Å². The van der Waals surface area contributed by atoms with Crippen LogP contribution in [0, 0.1) is 12.8 Å². The minimum atomic E-state index is 0.237. The zero-order valence-electron chi connectivity index (χ0n) is 18.4. The topological polar surface area (TPSA) is 25.2 Å². The van der Waals surface area contributed by atoms with E-state index >= 15 is 0 Å². The van der Waals surface area contributed by atoms with Crippen molar-refractivity contribution in [2.45, 2.75) is 85.9 Å². The average Bonchev–Trinajstić information content (AvgIpc) is 3.09. The number of amides is 1. The van der Waals surface area contributed by atoms with Gasteiger partial charge < -0.3 is 9.47 Å². The summed E-state index contributed by atoms with van der Waals surface area (Å²) in [5.41, 5.74) is 3.78. The zero-order valence-corrected chi connectivity index (χ0v) is 18.4. The molecule has 3 heteroatoms. The molecule has 154 valence electrons. The van der Waals surface area contributed by atoms with Crippen LogP contribution in [0.4, 0.5) is 0 Å². The van der Waals surface area contributed by atoms with Crippen LogP contribution in [0.15, 0.2) is 42.6 Å². The highest BCUT2D eigenvalue weighted by Crippen LogP contribution is 2.19. The first-order valence-electron chi connectivity index (χ1n) is 10.9. The maximum absolute atomic E-state index is 13.0. The first-order chi connectivity index (χ1) is 13.4. The molecule has 0 bridgehead atoms. The number of rotatable bonds is 11. The molecule has 1 atom stereocenters. The fourth-order valence-electron chi connectivity index (χ4n) is 3.59. The number of hydrogen-bond acceptors (Lipinski definition) is 1. The van der Waals surface area contributed by atoms with E-state index in [1.165, 1.54) is 29.7 Å². The normalized spacial score (nSPS) is 12.4. The van der Waals surface area contributed by atoms with Crippen LogP contribution in [0.3, 0.4) is 0 Å². The highest BCUT2D eigenvalue weighted by atomic mass is 16.2. The number of hydrogen-bond donors (Lipinski definition) is 0. The van der Waals surface area contributed by atoms with Gasteiger partial charge in [0.25, 0.3) is 0 Å². The van der Waals surface area contributed by atoms with Gasteiger partial charge in [0, 0.05) is 30.9 Å². The molecule has 0 fully saturated rings. The van der Waals surface area contributed by atoms with E-state index in [1.807, 2.05) is 0 Å². The number of unbranched alkanes of at least 4 members (excludes halogenated alkanes) is 3. The predicted molar refractivity (Wildman–Crippen MR) is 118 cm³/mol. The molecule has 1 aromatic heterocycles. The maximum atomic E-state index is 13.0. The number of nitrogens with zero attached hydrogens (tertiary/aromatic N) is 2. The fraction of sp³-hybridized carbons (Fsp3) is 0.560. The summed E-state index contributed by atoms with van der Waals surface area (Å²) < 4.78 is 2.28. The monoisotopic (exact) mass is 382 g/mol. The highest BCUT2D eigenvalue weighted by molar-refractivity contribution is 5.76. The minimum Gasteiger partial charge on any atom is -0.345 e. The van der Waals surface area contributed by atoms with Gasteiger partial charge in [0.15, 0.2) is 0 Å². The van der Waals surface area contributed by atoms with Gasteiger partial charge in [-0.05, 0) is 43.9 Å². The standard InChI is InChI=1S/C25H38N2O/c1-6-7-8-9-15-25(28)27(22(5)20(2)3)19-24-14-11-16-26(24)18-23-13-10-12-21(4)17-23/h10-14,16-17,20,22H,6-9,15,18-19H2,1-5H3. The van der Waals surface area contributed by atoms with E-state index in [0.717, 1.165) is 19.4 Å². The Kier molecular flexibility index (Phi) is 8.82. The van der Waals surface area contributed by atoms with Crippen molar-refractivity contribution in [3.8, 4) is 0 Å². The minimum absolute atomic E-state index is 0.237. The Bertz CT molecular complexity index is 732. The quantitative estimate of drug-likeness (QED) is 0.425. The lowest BCUT2D eigenvalue weighted by Crippen LogP contribution is -2.41. The Labute approximate surface area is 171 Å². The predicted octanol–water partition coefficient (Wildman–Crippen LogP) is 6.19. The van der Waals surface area contributed by atoms with Gasteiger partial charge in [-0.1, -0.05) is 69.9 Å². The summed E-state index contributed by atoms with van der Waals surface area (Å²) in [6.45, 7) is 12.5. The van der Waals surface area contributed by atoms with Gasteiger partial charge in [-0.3, -0.25) is 4.79 Å². The Hall–Kier alpha value is -2.03. The molecule has 3 nitrogen and oxygen atoms in total. The van der Waals surface area contributed by atoms with E-state index in [4.69, 9.17) is 0 Å². The molecule has 0 N–H and O–H groups in total. The molecule has 0 aliphatic carbocycles. The third kappa shape index (κ3) is 6.54. The van der Waals surface area contributed by atoms with Crippen LogP contribution in [0.5, 0.6) is 0 Å². The average molecular weight is 383 g/mol. The van der Waals surface area contributed by atoms with E-state index in [-0.39, 0.29) is 6.04 Å². The van der Waals surface area contributed by atoms with Crippen molar-refractivity contribution in [2.24, 2.45) is 5.92 Å². The van der Waals surface area contributed by atoms with Crippen molar-refractivity contribution >= 4 is 5.91 Å². The molecule has 1 amide bonds. The van der Waals surface area contributed by atoms with Crippen LogP contribution >= 0.6 is 0 Å². The molecule has 0 saturated carbocycles. The molecular weight excluding hydrogens is 344 g/mol. The summed E-state index contributed by atoms with van der Waals surface area (Å²) in [7, 11) is 0.